The Kier molecular flexibility index (Phi) is 7.72. The van der Waals surface area contributed by atoms with Gasteiger partial charge >= 0.3 is 0 Å². The Morgan fingerprint density at radius 1 is 1.21 bits per heavy atom. The highest BCUT2D eigenvalue weighted by atomic mass is 16.5. The number of pyridine rings is 1. The molecule has 0 spiro atoms. The van der Waals surface area contributed by atoms with Gasteiger partial charge < -0.3 is 4.74 Å². The van der Waals surface area contributed by atoms with E-state index in [2.05, 4.69) is 68.5 Å². The fourth-order valence-electron chi connectivity index (χ4n) is 4.63. The zero-order valence-electron chi connectivity index (χ0n) is 20.1. The van der Waals surface area contributed by atoms with Crippen LogP contribution in [0.3, 0.4) is 0 Å². The molecule has 0 fully saturated rings. The first-order valence-electron chi connectivity index (χ1n) is 12.3. The minimum absolute atomic E-state index is 0.199. The van der Waals surface area contributed by atoms with E-state index in [1.165, 1.54) is 16.7 Å². The molecule has 1 aromatic carbocycles. The molecule has 0 N–H and O–H groups in total. The van der Waals surface area contributed by atoms with E-state index < -0.39 is 0 Å². The zero-order chi connectivity index (χ0) is 23.2. The monoisotopic (exact) mass is 441 g/mol. The van der Waals surface area contributed by atoms with Gasteiger partial charge in [-0.3, -0.25) is 9.78 Å². The van der Waals surface area contributed by atoms with Crippen LogP contribution in [0.25, 0.3) is 17.7 Å². The van der Waals surface area contributed by atoms with Crippen LogP contribution in [0, 0.1) is 12.8 Å². The quantitative estimate of drug-likeness (QED) is 0.532. The Bertz CT molecular complexity index is 1170. The number of ether oxygens (including phenoxy) is 1. The Hall–Kier alpha value is -2.78. The number of ketones is 1. The Labute approximate surface area is 197 Å². The SMILES string of the molecule is Cc1nc2/c(cc1C(=O)CCC[C@@H](C)c1ccc(C3=CCOCC3)cc1)=C\C=C/C(C)C/C=2. The lowest BCUT2D eigenvalue weighted by atomic mass is 9.92. The van der Waals surface area contributed by atoms with E-state index >= 15 is 0 Å². The van der Waals surface area contributed by atoms with Crippen molar-refractivity contribution in [2.75, 3.05) is 13.2 Å². The Morgan fingerprint density at radius 3 is 2.79 bits per heavy atom. The molecule has 0 bridgehead atoms. The lowest BCUT2D eigenvalue weighted by molar-refractivity contribution is 0.0977. The highest BCUT2D eigenvalue weighted by molar-refractivity contribution is 5.97. The minimum atomic E-state index is 0.199. The smallest absolute Gasteiger partial charge is 0.164 e. The second-order valence-corrected chi connectivity index (χ2v) is 9.46. The number of fused-ring (bicyclic) bond motifs is 1. The van der Waals surface area contributed by atoms with E-state index in [4.69, 9.17) is 9.72 Å². The summed E-state index contributed by atoms with van der Waals surface area (Å²) in [5.41, 5.74) is 5.62. The van der Waals surface area contributed by atoms with Crippen molar-refractivity contribution in [3.05, 3.63) is 81.5 Å². The molecule has 3 heteroatoms. The van der Waals surface area contributed by atoms with Gasteiger partial charge in [-0.2, -0.15) is 0 Å². The van der Waals surface area contributed by atoms with E-state index in [0.29, 0.717) is 24.9 Å². The molecule has 0 saturated carbocycles. The third kappa shape index (κ3) is 5.97. The molecular formula is C30H35NO2. The lowest BCUT2D eigenvalue weighted by Gasteiger charge is -2.16. The maximum atomic E-state index is 13.0. The summed E-state index contributed by atoms with van der Waals surface area (Å²) in [6, 6.07) is 11.0. The largest absolute Gasteiger partial charge is 0.377 e. The van der Waals surface area contributed by atoms with Gasteiger partial charge in [-0.05, 0) is 67.2 Å². The predicted octanol–water partition coefficient (Wildman–Crippen LogP) is 5.51. The van der Waals surface area contributed by atoms with Crippen LogP contribution in [0.1, 0.15) is 79.0 Å². The average Bonchev–Trinajstić information content (AvgIpc) is 2.83. The van der Waals surface area contributed by atoms with Gasteiger partial charge in [0.25, 0.3) is 0 Å². The number of carbonyl (C=O) groups is 1. The molecule has 3 nitrogen and oxygen atoms in total. The highest BCUT2D eigenvalue weighted by Gasteiger charge is 2.13. The van der Waals surface area contributed by atoms with Crippen LogP contribution in [0.2, 0.25) is 0 Å². The van der Waals surface area contributed by atoms with Gasteiger partial charge in [0.2, 0.25) is 0 Å². The number of hydrogen-bond donors (Lipinski definition) is 0. The molecule has 2 heterocycles. The fourth-order valence-corrected chi connectivity index (χ4v) is 4.63. The van der Waals surface area contributed by atoms with Crippen molar-refractivity contribution in [1.82, 2.24) is 4.98 Å². The summed E-state index contributed by atoms with van der Waals surface area (Å²) in [5, 5.41) is 2.04. The van der Waals surface area contributed by atoms with Crippen molar-refractivity contribution in [2.45, 2.75) is 58.8 Å². The first-order valence-corrected chi connectivity index (χ1v) is 12.3. The van der Waals surface area contributed by atoms with E-state index in [1.807, 2.05) is 13.0 Å². The molecule has 4 rings (SSSR count). The van der Waals surface area contributed by atoms with Crippen LogP contribution < -0.4 is 10.6 Å². The van der Waals surface area contributed by atoms with Gasteiger partial charge in [-0.15, -0.1) is 0 Å². The van der Waals surface area contributed by atoms with Crippen molar-refractivity contribution in [2.24, 2.45) is 5.92 Å². The molecular weight excluding hydrogens is 406 g/mol. The van der Waals surface area contributed by atoms with Gasteiger partial charge in [-0.1, -0.05) is 68.5 Å². The topological polar surface area (TPSA) is 39.2 Å². The fraction of sp³-hybridized carbons (Fsp3) is 0.400. The molecule has 0 saturated heterocycles. The zero-order valence-corrected chi connectivity index (χ0v) is 20.1. The van der Waals surface area contributed by atoms with Gasteiger partial charge in [-0.25, -0.2) is 0 Å². The number of Topliss-reactive ketones (excluding diaryl/α,β-unsaturated/α-hetero) is 1. The first kappa shape index (κ1) is 23.4. The van der Waals surface area contributed by atoms with Gasteiger partial charge in [0.15, 0.2) is 5.78 Å². The standard InChI is InChI=1S/C30H35NO2/c1-21-6-4-8-27-20-28(23(3)31-29(27)15-10-21)30(32)9-5-7-22(2)24-11-13-25(14-12-24)26-16-18-33-19-17-26/h4,6,8,11-16,20-22H,5,7,9-10,17-19H2,1-3H3/b6-4-,27-8-,29-15-/t21?,22-/m1/s1. The van der Waals surface area contributed by atoms with Crippen LogP contribution >= 0.6 is 0 Å². The van der Waals surface area contributed by atoms with Gasteiger partial charge in [0.05, 0.1) is 18.6 Å². The molecule has 0 radical (unpaired) electrons. The molecule has 33 heavy (non-hydrogen) atoms. The summed E-state index contributed by atoms with van der Waals surface area (Å²) in [5.74, 6) is 1.14. The Morgan fingerprint density at radius 2 is 2.03 bits per heavy atom. The molecule has 2 aliphatic rings. The molecule has 172 valence electrons. The number of aromatic nitrogens is 1. The Balaban J connectivity index is 1.37. The molecule has 1 aliphatic carbocycles. The van der Waals surface area contributed by atoms with Crippen LogP contribution in [0.15, 0.2) is 48.6 Å². The lowest BCUT2D eigenvalue weighted by Crippen LogP contribution is -2.31. The van der Waals surface area contributed by atoms with E-state index in [0.717, 1.165) is 54.1 Å². The molecule has 1 aliphatic heterocycles. The maximum Gasteiger partial charge on any atom is 0.164 e. The summed E-state index contributed by atoms with van der Waals surface area (Å²) in [6.45, 7) is 7.94. The van der Waals surface area contributed by atoms with Gasteiger partial charge in [0.1, 0.15) is 0 Å². The summed E-state index contributed by atoms with van der Waals surface area (Å²) in [7, 11) is 0. The molecule has 1 aromatic heterocycles. The molecule has 0 amide bonds. The number of nitrogens with zero attached hydrogens (tertiary/aromatic N) is 1. The van der Waals surface area contributed by atoms with Crippen molar-refractivity contribution in [3.8, 4) is 0 Å². The third-order valence-electron chi connectivity index (χ3n) is 6.83. The van der Waals surface area contributed by atoms with Crippen LogP contribution in [0.4, 0.5) is 0 Å². The molecule has 2 aromatic rings. The van der Waals surface area contributed by atoms with Crippen molar-refractivity contribution in [3.63, 3.8) is 0 Å². The normalized spacial score (nSPS) is 21.8. The predicted molar refractivity (Wildman–Crippen MR) is 137 cm³/mol. The number of allylic oxidation sites excluding steroid dienone is 2. The number of aryl methyl sites for hydroxylation is 1. The first-order chi connectivity index (χ1) is 16.0. The average molecular weight is 442 g/mol. The summed E-state index contributed by atoms with van der Waals surface area (Å²) < 4.78 is 5.41. The summed E-state index contributed by atoms with van der Waals surface area (Å²) >= 11 is 0. The number of benzene rings is 1. The third-order valence-corrected chi connectivity index (χ3v) is 6.83. The highest BCUT2D eigenvalue weighted by Crippen LogP contribution is 2.26. The van der Waals surface area contributed by atoms with Crippen LogP contribution in [-0.2, 0) is 4.74 Å². The maximum absolute atomic E-state index is 13.0. The van der Waals surface area contributed by atoms with Gasteiger partial charge in [0, 0.05) is 22.9 Å². The second kappa shape index (κ2) is 10.9. The molecule has 2 atom stereocenters. The summed E-state index contributed by atoms with van der Waals surface area (Å²) in [6.07, 6.45) is 15.1. The van der Waals surface area contributed by atoms with Crippen molar-refractivity contribution >= 4 is 23.5 Å². The van der Waals surface area contributed by atoms with Crippen LogP contribution in [0.5, 0.6) is 0 Å². The minimum Gasteiger partial charge on any atom is -0.377 e. The molecule has 1 unspecified atom stereocenters. The second-order valence-electron chi connectivity index (χ2n) is 9.46. The number of carbonyl (C=O) groups excluding carboxylic acids is 1. The number of rotatable bonds is 7. The van der Waals surface area contributed by atoms with Crippen LogP contribution in [-0.4, -0.2) is 24.0 Å². The summed E-state index contributed by atoms with van der Waals surface area (Å²) in [4.78, 5) is 17.8. The van der Waals surface area contributed by atoms with E-state index in [1.54, 1.807) is 0 Å². The van der Waals surface area contributed by atoms with E-state index in [9.17, 15) is 4.79 Å². The van der Waals surface area contributed by atoms with Crippen molar-refractivity contribution in [1.29, 1.82) is 0 Å². The number of hydrogen-bond acceptors (Lipinski definition) is 3. The van der Waals surface area contributed by atoms with Crippen molar-refractivity contribution < 1.29 is 9.53 Å². The van der Waals surface area contributed by atoms with E-state index in [-0.39, 0.29) is 5.78 Å².